The van der Waals surface area contributed by atoms with E-state index in [4.69, 9.17) is 0 Å². The zero-order chi connectivity index (χ0) is 15.0. The van der Waals surface area contributed by atoms with Gasteiger partial charge in [-0.05, 0) is 51.9 Å². The molecule has 0 aromatic rings. The first-order valence-corrected chi connectivity index (χ1v) is 8.99. The molecule has 20 heavy (non-hydrogen) atoms. The van der Waals surface area contributed by atoms with E-state index in [-0.39, 0.29) is 23.7 Å². The van der Waals surface area contributed by atoms with Crippen molar-refractivity contribution in [1.29, 1.82) is 0 Å². The van der Waals surface area contributed by atoms with Crippen molar-refractivity contribution >= 4 is 15.7 Å². The number of carbonyl (C=O) groups excluding carboxylic acids is 1. The van der Waals surface area contributed by atoms with E-state index in [0.717, 1.165) is 19.3 Å². The van der Waals surface area contributed by atoms with Gasteiger partial charge in [0.05, 0.1) is 5.25 Å². The van der Waals surface area contributed by atoms with Gasteiger partial charge in [-0.15, -0.1) is 0 Å². The van der Waals surface area contributed by atoms with Crippen LogP contribution in [0.4, 0.5) is 0 Å². The Morgan fingerprint density at radius 1 is 1.20 bits per heavy atom. The topological polar surface area (TPSA) is 74.7 Å². The third-order valence-corrected chi connectivity index (χ3v) is 7.53. The Hall–Kier alpha value is -0.620. The molecule has 1 aliphatic carbocycles. The predicted octanol–water partition coefficient (Wildman–Crippen LogP) is 0.963. The molecule has 1 amide bonds. The van der Waals surface area contributed by atoms with Crippen molar-refractivity contribution < 1.29 is 18.3 Å². The Bertz CT molecular complexity index is 468. The fourth-order valence-corrected chi connectivity index (χ4v) is 4.81. The van der Waals surface area contributed by atoms with Gasteiger partial charge >= 0.3 is 0 Å². The van der Waals surface area contributed by atoms with Crippen molar-refractivity contribution in [2.24, 2.45) is 5.92 Å². The molecule has 0 radical (unpaired) electrons. The van der Waals surface area contributed by atoms with Crippen LogP contribution in [0.1, 0.15) is 46.0 Å². The Morgan fingerprint density at radius 3 is 2.40 bits per heavy atom. The van der Waals surface area contributed by atoms with Crippen LogP contribution >= 0.6 is 0 Å². The fourth-order valence-electron chi connectivity index (χ4n) is 2.85. The molecule has 1 unspecified atom stereocenters. The Kier molecular flexibility index (Phi) is 4.44. The molecule has 2 rings (SSSR count). The second-order valence-electron chi connectivity index (χ2n) is 6.53. The van der Waals surface area contributed by atoms with Crippen LogP contribution in [0.3, 0.4) is 0 Å². The molecule has 0 aromatic heterocycles. The van der Waals surface area contributed by atoms with E-state index in [1.807, 2.05) is 0 Å². The Labute approximate surface area is 121 Å². The van der Waals surface area contributed by atoms with Crippen molar-refractivity contribution in [3.63, 3.8) is 0 Å². The maximum atomic E-state index is 12.6. The van der Waals surface area contributed by atoms with Gasteiger partial charge in [-0.2, -0.15) is 0 Å². The quantitative estimate of drug-likeness (QED) is 0.839. The molecule has 2 fully saturated rings. The van der Waals surface area contributed by atoms with E-state index < -0.39 is 14.6 Å². The minimum atomic E-state index is -3.39. The average Bonchev–Trinajstić information content (AvgIpc) is 3.23. The summed E-state index contributed by atoms with van der Waals surface area (Å²) in [5.41, 5.74) is 0. The van der Waals surface area contributed by atoms with Crippen LogP contribution in [0.15, 0.2) is 0 Å². The zero-order valence-corrected chi connectivity index (χ0v) is 13.2. The molecule has 6 heteroatoms. The van der Waals surface area contributed by atoms with Crippen molar-refractivity contribution in [3.05, 3.63) is 0 Å². The normalized spacial score (nSPS) is 25.4. The SMILES string of the molecule is CC(C)(C(=O)N1CCCC(CO)CC1)S(=O)(=O)C1CC1. The molecule has 1 saturated carbocycles. The summed E-state index contributed by atoms with van der Waals surface area (Å²) in [6, 6.07) is 0. The van der Waals surface area contributed by atoms with Gasteiger partial charge in [0.25, 0.3) is 0 Å². The lowest BCUT2D eigenvalue weighted by molar-refractivity contribution is -0.133. The van der Waals surface area contributed by atoms with E-state index in [0.29, 0.717) is 25.9 Å². The molecule has 1 N–H and O–H groups in total. The molecule has 1 saturated heterocycles. The summed E-state index contributed by atoms with van der Waals surface area (Å²) in [6.45, 7) is 4.37. The standard InChI is InChI=1S/C14H25NO4S/c1-14(2,20(18,19)12-5-6-12)13(17)15-8-3-4-11(10-16)7-9-15/h11-12,16H,3-10H2,1-2H3. The second-order valence-corrected chi connectivity index (χ2v) is 9.30. The number of aliphatic hydroxyl groups is 1. The summed E-state index contributed by atoms with van der Waals surface area (Å²) in [7, 11) is -3.39. The van der Waals surface area contributed by atoms with Crippen LogP contribution in [0.5, 0.6) is 0 Å². The summed E-state index contributed by atoms with van der Waals surface area (Å²) >= 11 is 0. The third kappa shape index (κ3) is 2.86. The number of hydrogen-bond donors (Lipinski definition) is 1. The van der Waals surface area contributed by atoms with Gasteiger partial charge in [-0.25, -0.2) is 8.42 Å². The van der Waals surface area contributed by atoms with Crippen LogP contribution < -0.4 is 0 Å². The molecule has 116 valence electrons. The largest absolute Gasteiger partial charge is 0.396 e. The number of nitrogens with zero attached hydrogens (tertiary/aromatic N) is 1. The van der Waals surface area contributed by atoms with E-state index >= 15 is 0 Å². The van der Waals surface area contributed by atoms with Crippen LogP contribution in [0.2, 0.25) is 0 Å². The average molecular weight is 303 g/mol. The van der Waals surface area contributed by atoms with Crippen LogP contribution in [0, 0.1) is 5.92 Å². The van der Waals surface area contributed by atoms with E-state index in [1.54, 1.807) is 4.90 Å². The first-order valence-electron chi connectivity index (χ1n) is 7.44. The first kappa shape index (κ1) is 15.8. The highest BCUT2D eigenvalue weighted by Crippen LogP contribution is 2.37. The number of rotatable bonds is 4. The fraction of sp³-hybridized carbons (Fsp3) is 0.929. The number of sulfone groups is 1. The Balaban J connectivity index is 2.10. The number of amides is 1. The second kappa shape index (κ2) is 5.64. The lowest BCUT2D eigenvalue weighted by Gasteiger charge is -2.31. The smallest absolute Gasteiger partial charge is 0.243 e. The molecule has 0 spiro atoms. The van der Waals surface area contributed by atoms with E-state index in [1.165, 1.54) is 13.8 Å². The van der Waals surface area contributed by atoms with Gasteiger partial charge in [0, 0.05) is 19.7 Å². The number of aliphatic hydroxyl groups excluding tert-OH is 1. The Morgan fingerprint density at radius 2 is 1.85 bits per heavy atom. The number of likely N-dealkylation sites (tertiary alicyclic amines) is 1. The highest BCUT2D eigenvalue weighted by Gasteiger charge is 2.51. The monoisotopic (exact) mass is 303 g/mol. The van der Waals surface area contributed by atoms with Gasteiger partial charge in [0.15, 0.2) is 9.84 Å². The summed E-state index contributed by atoms with van der Waals surface area (Å²) in [4.78, 5) is 14.3. The zero-order valence-electron chi connectivity index (χ0n) is 12.3. The summed E-state index contributed by atoms with van der Waals surface area (Å²) in [6.07, 6.45) is 3.85. The molecular weight excluding hydrogens is 278 g/mol. The number of carbonyl (C=O) groups is 1. The lowest BCUT2D eigenvalue weighted by atomic mass is 10.0. The molecule has 0 bridgehead atoms. The van der Waals surface area contributed by atoms with Gasteiger partial charge in [0.2, 0.25) is 5.91 Å². The molecule has 0 aromatic carbocycles. The first-order chi connectivity index (χ1) is 9.30. The highest BCUT2D eigenvalue weighted by molar-refractivity contribution is 7.94. The molecule has 5 nitrogen and oxygen atoms in total. The van der Waals surface area contributed by atoms with Gasteiger partial charge in [-0.3, -0.25) is 4.79 Å². The molecule has 1 aliphatic heterocycles. The predicted molar refractivity (Wildman–Crippen MR) is 77.0 cm³/mol. The van der Waals surface area contributed by atoms with Crippen LogP contribution in [-0.4, -0.2) is 54.0 Å². The van der Waals surface area contributed by atoms with Crippen molar-refractivity contribution in [2.45, 2.75) is 55.9 Å². The summed E-state index contributed by atoms with van der Waals surface area (Å²) in [5, 5.41) is 8.89. The van der Waals surface area contributed by atoms with Crippen molar-refractivity contribution in [2.75, 3.05) is 19.7 Å². The molecular formula is C14H25NO4S. The van der Waals surface area contributed by atoms with E-state index in [9.17, 15) is 18.3 Å². The van der Waals surface area contributed by atoms with Gasteiger partial charge in [0.1, 0.15) is 4.75 Å². The molecule has 1 atom stereocenters. The minimum Gasteiger partial charge on any atom is -0.396 e. The van der Waals surface area contributed by atoms with Gasteiger partial charge in [-0.1, -0.05) is 0 Å². The van der Waals surface area contributed by atoms with Crippen molar-refractivity contribution in [3.8, 4) is 0 Å². The third-order valence-electron chi connectivity index (χ3n) is 4.58. The minimum absolute atomic E-state index is 0.145. The van der Waals surface area contributed by atoms with Crippen LogP contribution in [-0.2, 0) is 14.6 Å². The van der Waals surface area contributed by atoms with Crippen molar-refractivity contribution in [1.82, 2.24) is 4.90 Å². The maximum absolute atomic E-state index is 12.6. The highest BCUT2D eigenvalue weighted by atomic mass is 32.2. The summed E-state index contributed by atoms with van der Waals surface area (Å²) in [5.74, 6) is -0.0426. The van der Waals surface area contributed by atoms with E-state index in [2.05, 4.69) is 0 Å². The molecule has 1 heterocycles. The van der Waals surface area contributed by atoms with Crippen LogP contribution in [0.25, 0.3) is 0 Å². The summed E-state index contributed by atoms with van der Waals surface area (Å²) < 4.78 is 23.5. The van der Waals surface area contributed by atoms with Gasteiger partial charge < -0.3 is 10.0 Å². The number of hydrogen-bond acceptors (Lipinski definition) is 4. The lowest BCUT2D eigenvalue weighted by Crippen LogP contribution is -2.51. The molecule has 2 aliphatic rings. The maximum Gasteiger partial charge on any atom is 0.243 e.